The zero-order chi connectivity index (χ0) is 19.5. The highest BCUT2D eigenvalue weighted by Crippen LogP contribution is 2.31. The first kappa shape index (κ1) is 18.4. The van der Waals surface area contributed by atoms with E-state index in [0.717, 1.165) is 45.0 Å². The molecule has 0 spiro atoms. The van der Waals surface area contributed by atoms with E-state index in [0.29, 0.717) is 5.84 Å². The average molecular weight is 434 g/mol. The summed E-state index contributed by atoms with van der Waals surface area (Å²) >= 11 is 3.49. The van der Waals surface area contributed by atoms with Crippen molar-refractivity contribution in [1.29, 1.82) is 0 Å². The zero-order valence-corrected chi connectivity index (χ0v) is 17.3. The molecular weight excluding hydrogens is 414 g/mol. The van der Waals surface area contributed by atoms with Gasteiger partial charge in [-0.2, -0.15) is 0 Å². The molecule has 3 aromatic rings. The minimum atomic E-state index is 0.675. The lowest BCUT2D eigenvalue weighted by Gasteiger charge is -2.11. The summed E-state index contributed by atoms with van der Waals surface area (Å²) in [6, 6.07) is 22.2. The number of amidine groups is 2. The molecule has 5 heteroatoms. The van der Waals surface area contributed by atoms with Crippen LogP contribution < -0.4 is 10.1 Å². The Bertz CT molecular complexity index is 1050. The number of fused-ring (bicyclic) bond motifs is 1. The minimum Gasteiger partial charge on any atom is -0.497 e. The van der Waals surface area contributed by atoms with Crippen LogP contribution in [0.15, 0.2) is 81.2 Å². The summed E-state index contributed by atoms with van der Waals surface area (Å²) < 4.78 is 6.30. The number of rotatable bonds is 4. The van der Waals surface area contributed by atoms with E-state index >= 15 is 0 Å². The molecule has 0 bridgehead atoms. The molecule has 0 saturated heterocycles. The van der Waals surface area contributed by atoms with Gasteiger partial charge in [0.25, 0.3) is 0 Å². The summed E-state index contributed by atoms with van der Waals surface area (Å²) in [5.74, 6) is 2.25. The largest absolute Gasteiger partial charge is 0.497 e. The third kappa shape index (κ3) is 3.85. The number of benzene rings is 3. The smallest absolute Gasteiger partial charge is 0.162 e. The molecule has 0 atom stereocenters. The summed E-state index contributed by atoms with van der Waals surface area (Å²) in [7, 11) is 1.66. The molecule has 0 fully saturated rings. The number of hydrogen-bond acceptors (Lipinski definition) is 4. The fourth-order valence-electron chi connectivity index (χ4n) is 3.01. The molecule has 4 nitrogen and oxygen atoms in total. The van der Waals surface area contributed by atoms with Crippen molar-refractivity contribution in [2.45, 2.75) is 13.3 Å². The molecule has 0 radical (unpaired) electrons. The van der Waals surface area contributed by atoms with Crippen LogP contribution in [0, 0.1) is 0 Å². The summed E-state index contributed by atoms with van der Waals surface area (Å²) in [5, 5.41) is 3.48. The second-order valence-electron chi connectivity index (χ2n) is 6.46. The van der Waals surface area contributed by atoms with Crippen molar-refractivity contribution >= 4 is 39.0 Å². The molecule has 0 aliphatic carbocycles. The second-order valence-corrected chi connectivity index (χ2v) is 7.38. The van der Waals surface area contributed by atoms with Gasteiger partial charge >= 0.3 is 0 Å². The lowest BCUT2D eigenvalue weighted by Crippen LogP contribution is -2.15. The summed E-state index contributed by atoms with van der Waals surface area (Å²) in [6.45, 7) is 2.15. The van der Waals surface area contributed by atoms with Gasteiger partial charge in [-0.1, -0.05) is 41.1 Å². The van der Waals surface area contributed by atoms with E-state index < -0.39 is 0 Å². The molecule has 1 N–H and O–H groups in total. The number of anilines is 1. The van der Waals surface area contributed by atoms with E-state index in [1.165, 1.54) is 5.56 Å². The van der Waals surface area contributed by atoms with Crippen LogP contribution in [-0.4, -0.2) is 18.8 Å². The number of nitrogens with zero attached hydrogens (tertiary/aromatic N) is 2. The predicted molar refractivity (Wildman–Crippen MR) is 119 cm³/mol. The SMILES string of the molecule is CCc1ccc2c(c1)NC(c1ccc(OC)cc1)=NC(c1ccc(Br)cc1)=N2. The Morgan fingerprint density at radius 1 is 0.893 bits per heavy atom. The molecular formula is C23H20BrN3O. The summed E-state index contributed by atoms with van der Waals surface area (Å²) in [6.07, 6.45) is 0.966. The highest BCUT2D eigenvalue weighted by atomic mass is 79.9. The van der Waals surface area contributed by atoms with Crippen LogP contribution in [-0.2, 0) is 6.42 Å². The molecule has 28 heavy (non-hydrogen) atoms. The Hall–Kier alpha value is -2.92. The average Bonchev–Trinajstić information content (AvgIpc) is 2.93. The van der Waals surface area contributed by atoms with Crippen LogP contribution in [0.2, 0.25) is 0 Å². The van der Waals surface area contributed by atoms with Crippen molar-refractivity contribution in [3.63, 3.8) is 0 Å². The van der Waals surface area contributed by atoms with E-state index in [1.54, 1.807) is 7.11 Å². The van der Waals surface area contributed by atoms with Crippen LogP contribution in [0.5, 0.6) is 5.75 Å². The van der Waals surface area contributed by atoms with Gasteiger partial charge in [0.2, 0.25) is 0 Å². The number of ether oxygens (including phenoxy) is 1. The van der Waals surface area contributed by atoms with Crippen LogP contribution >= 0.6 is 15.9 Å². The third-order valence-corrected chi connectivity index (χ3v) is 5.16. The molecule has 3 aromatic carbocycles. The number of aryl methyl sites for hydroxylation is 1. The number of halogens is 1. The molecule has 0 amide bonds. The van der Waals surface area contributed by atoms with Gasteiger partial charge in [0, 0.05) is 15.6 Å². The molecule has 1 aliphatic rings. The van der Waals surface area contributed by atoms with Crippen LogP contribution in [0.1, 0.15) is 23.6 Å². The van der Waals surface area contributed by atoms with Gasteiger partial charge in [-0.25, -0.2) is 9.98 Å². The maximum absolute atomic E-state index is 5.28. The standard InChI is InChI=1S/C23H20BrN3O/c1-3-15-4-13-20-21(14-15)26-23(17-7-11-19(28-2)12-8-17)27-22(25-20)16-5-9-18(24)10-6-16/h4-14H,3H2,1-2H3,(H,25,26,27). The van der Waals surface area contributed by atoms with Gasteiger partial charge in [0.1, 0.15) is 11.6 Å². The van der Waals surface area contributed by atoms with E-state index in [4.69, 9.17) is 14.7 Å². The first-order valence-electron chi connectivity index (χ1n) is 9.14. The van der Waals surface area contributed by atoms with Gasteiger partial charge in [0.05, 0.1) is 18.5 Å². The van der Waals surface area contributed by atoms with E-state index in [1.807, 2.05) is 54.6 Å². The number of hydrogen-bond donors (Lipinski definition) is 1. The highest BCUT2D eigenvalue weighted by Gasteiger charge is 2.16. The fraction of sp³-hybridized carbons (Fsp3) is 0.130. The van der Waals surface area contributed by atoms with Crippen molar-refractivity contribution in [3.8, 4) is 5.75 Å². The number of nitrogens with one attached hydrogen (secondary N) is 1. The van der Waals surface area contributed by atoms with Crippen molar-refractivity contribution in [2.75, 3.05) is 12.4 Å². The summed E-state index contributed by atoms with van der Waals surface area (Å²) in [4.78, 5) is 9.72. The first-order chi connectivity index (χ1) is 13.7. The Morgan fingerprint density at radius 3 is 2.29 bits per heavy atom. The molecule has 4 rings (SSSR count). The van der Waals surface area contributed by atoms with Gasteiger partial charge in [0.15, 0.2) is 5.84 Å². The Morgan fingerprint density at radius 2 is 1.61 bits per heavy atom. The summed E-state index contributed by atoms with van der Waals surface area (Å²) in [5.41, 5.74) is 5.02. The van der Waals surface area contributed by atoms with Crippen LogP contribution in [0.25, 0.3) is 0 Å². The second kappa shape index (κ2) is 7.98. The molecule has 0 aromatic heterocycles. The topological polar surface area (TPSA) is 46.0 Å². The van der Waals surface area contributed by atoms with Crippen molar-refractivity contribution in [3.05, 3.63) is 87.9 Å². The maximum atomic E-state index is 5.28. The Labute approximate surface area is 173 Å². The number of aliphatic imine (C=N–C) groups is 2. The molecule has 0 saturated carbocycles. The first-order valence-corrected chi connectivity index (χ1v) is 9.93. The lowest BCUT2D eigenvalue weighted by molar-refractivity contribution is 0.415. The van der Waals surface area contributed by atoms with Gasteiger partial charge in [-0.15, -0.1) is 0 Å². The van der Waals surface area contributed by atoms with Gasteiger partial charge in [-0.3, -0.25) is 0 Å². The van der Waals surface area contributed by atoms with Crippen LogP contribution in [0.3, 0.4) is 0 Å². The molecule has 0 unspecified atom stereocenters. The minimum absolute atomic E-state index is 0.675. The molecule has 1 heterocycles. The molecule has 140 valence electrons. The Balaban J connectivity index is 1.84. The van der Waals surface area contributed by atoms with Gasteiger partial charge in [-0.05, 0) is 60.5 Å². The zero-order valence-electron chi connectivity index (χ0n) is 15.7. The lowest BCUT2D eigenvalue weighted by atomic mass is 10.1. The third-order valence-electron chi connectivity index (χ3n) is 4.63. The number of methoxy groups -OCH3 is 1. The van der Waals surface area contributed by atoms with E-state index in [9.17, 15) is 0 Å². The van der Waals surface area contributed by atoms with E-state index in [-0.39, 0.29) is 0 Å². The molecule has 1 aliphatic heterocycles. The van der Waals surface area contributed by atoms with Crippen LogP contribution in [0.4, 0.5) is 11.4 Å². The highest BCUT2D eigenvalue weighted by molar-refractivity contribution is 9.10. The predicted octanol–water partition coefficient (Wildman–Crippen LogP) is 5.97. The van der Waals surface area contributed by atoms with Crippen molar-refractivity contribution < 1.29 is 4.74 Å². The monoisotopic (exact) mass is 433 g/mol. The quantitative estimate of drug-likeness (QED) is 0.550. The fourth-order valence-corrected chi connectivity index (χ4v) is 3.28. The maximum Gasteiger partial charge on any atom is 0.162 e. The van der Waals surface area contributed by atoms with Crippen molar-refractivity contribution in [2.24, 2.45) is 9.98 Å². The van der Waals surface area contributed by atoms with Crippen molar-refractivity contribution in [1.82, 2.24) is 0 Å². The Kier molecular flexibility index (Phi) is 5.26. The van der Waals surface area contributed by atoms with Gasteiger partial charge < -0.3 is 10.1 Å². The van der Waals surface area contributed by atoms with E-state index in [2.05, 4.69) is 40.3 Å². The normalized spacial score (nSPS) is 13.0.